The van der Waals surface area contributed by atoms with Gasteiger partial charge in [0, 0.05) is 0 Å². The van der Waals surface area contributed by atoms with Crippen molar-refractivity contribution in [3.8, 4) is 5.75 Å². The lowest BCUT2D eigenvalue weighted by Crippen LogP contribution is -2.21. The first-order chi connectivity index (χ1) is 7.86. The Labute approximate surface area is 97.2 Å². The largest absolute Gasteiger partial charge is 0.491 e. The van der Waals surface area contributed by atoms with E-state index in [1.54, 1.807) is 6.08 Å². The zero-order valence-corrected chi connectivity index (χ0v) is 9.47. The molecule has 0 saturated carbocycles. The molecule has 0 aromatic heterocycles. The first-order valence-corrected chi connectivity index (χ1v) is 5.38. The molecule has 0 N–H and O–H groups in total. The fourth-order valence-electron chi connectivity index (χ4n) is 1.28. The maximum atomic E-state index is 5.61. The molecule has 0 amide bonds. The van der Waals surface area contributed by atoms with Crippen molar-refractivity contribution in [1.82, 2.24) is 0 Å². The summed E-state index contributed by atoms with van der Waals surface area (Å²) in [6.45, 7) is 8.39. The van der Waals surface area contributed by atoms with Gasteiger partial charge in [0.15, 0.2) is 0 Å². The maximum Gasteiger partial charge on any atom is 0.119 e. The normalized spacial score (nSPS) is 11.8. The second-order valence-electron chi connectivity index (χ2n) is 3.39. The van der Waals surface area contributed by atoms with Crippen molar-refractivity contribution in [3.05, 3.63) is 55.6 Å². The highest BCUT2D eigenvalue weighted by Gasteiger charge is 2.07. The van der Waals surface area contributed by atoms with E-state index in [9.17, 15) is 0 Å². The van der Waals surface area contributed by atoms with Gasteiger partial charge in [-0.25, -0.2) is 0 Å². The van der Waals surface area contributed by atoms with E-state index >= 15 is 0 Å². The molecule has 2 heteroatoms. The topological polar surface area (TPSA) is 18.5 Å². The van der Waals surface area contributed by atoms with E-state index in [4.69, 9.17) is 9.47 Å². The van der Waals surface area contributed by atoms with E-state index in [1.807, 2.05) is 36.4 Å². The van der Waals surface area contributed by atoms with Crippen LogP contribution in [-0.4, -0.2) is 19.3 Å². The highest BCUT2D eigenvalue weighted by molar-refractivity contribution is 5.20. The molecule has 86 valence electrons. The Kier molecular flexibility index (Phi) is 6.04. The Hall–Kier alpha value is -1.54. The molecular formula is C14H18O2. The van der Waals surface area contributed by atoms with Gasteiger partial charge in [0.25, 0.3) is 0 Å². The summed E-state index contributed by atoms with van der Waals surface area (Å²) >= 11 is 0. The Balaban J connectivity index is 2.36. The molecular weight excluding hydrogens is 200 g/mol. The summed E-state index contributed by atoms with van der Waals surface area (Å²) < 4.78 is 11.1. The van der Waals surface area contributed by atoms with Gasteiger partial charge < -0.3 is 9.47 Å². The summed E-state index contributed by atoms with van der Waals surface area (Å²) in [4.78, 5) is 0. The molecule has 1 aromatic carbocycles. The van der Waals surface area contributed by atoms with Gasteiger partial charge in [0.05, 0.1) is 12.7 Å². The van der Waals surface area contributed by atoms with E-state index in [1.165, 1.54) is 0 Å². The van der Waals surface area contributed by atoms with Crippen LogP contribution in [0.15, 0.2) is 55.6 Å². The van der Waals surface area contributed by atoms with E-state index < -0.39 is 0 Å². The average Bonchev–Trinajstić information content (AvgIpc) is 2.34. The van der Waals surface area contributed by atoms with Crippen molar-refractivity contribution in [2.24, 2.45) is 0 Å². The van der Waals surface area contributed by atoms with Crippen LogP contribution in [0.25, 0.3) is 0 Å². The van der Waals surface area contributed by atoms with Gasteiger partial charge in [-0.05, 0) is 18.6 Å². The van der Waals surface area contributed by atoms with Crippen LogP contribution in [0.5, 0.6) is 5.75 Å². The predicted molar refractivity (Wildman–Crippen MR) is 66.7 cm³/mol. The Morgan fingerprint density at radius 1 is 1.12 bits per heavy atom. The molecule has 1 atom stereocenters. The van der Waals surface area contributed by atoms with Crippen LogP contribution in [-0.2, 0) is 4.74 Å². The number of rotatable bonds is 8. The maximum absolute atomic E-state index is 5.61. The number of ether oxygens (including phenoxy) is 2. The van der Waals surface area contributed by atoms with E-state index in [0.29, 0.717) is 13.2 Å². The molecule has 0 aliphatic heterocycles. The van der Waals surface area contributed by atoms with Crippen LogP contribution in [0.2, 0.25) is 0 Å². The van der Waals surface area contributed by atoms with Crippen molar-refractivity contribution in [1.29, 1.82) is 0 Å². The van der Waals surface area contributed by atoms with E-state index in [-0.39, 0.29) is 6.10 Å². The van der Waals surface area contributed by atoms with Crippen LogP contribution in [0.4, 0.5) is 0 Å². The van der Waals surface area contributed by atoms with Gasteiger partial charge in [0.1, 0.15) is 12.4 Å². The van der Waals surface area contributed by atoms with Gasteiger partial charge in [0.2, 0.25) is 0 Å². The molecule has 0 aliphatic carbocycles. The first kappa shape index (κ1) is 12.5. The number of hydrogen-bond acceptors (Lipinski definition) is 2. The third-order valence-corrected chi connectivity index (χ3v) is 2.06. The van der Waals surface area contributed by atoms with Crippen molar-refractivity contribution < 1.29 is 9.47 Å². The minimum absolute atomic E-state index is 0.0377. The molecule has 0 saturated heterocycles. The average molecular weight is 218 g/mol. The van der Waals surface area contributed by atoms with Crippen molar-refractivity contribution >= 4 is 0 Å². The molecule has 0 heterocycles. The summed E-state index contributed by atoms with van der Waals surface area (Å²) in [5, 5.41) is 0. The number of para-hydroxylation sites is 1. The molecule has 0 radical (unpaired) electrons. The molecule has 0 aliphatic rings. The van der Waals surface area contributed by atoms with Gasteiger partial charge in [-0.1, -0.05) is 30.4 Å². The summed E-state index contributed by atoms with van der Waals surface area (Å²) in [6.07, 6.45) is 4.39. The Bertz CT molecular complexity index is 306. The second-order valence-corrected chi connectivity index (χ2v) is 3.39. The minimum Gasteiger partial charge on any atom is -0.491 e. The molecule has 1 rings (SSSR count). The van der Waals surface area contributed by atoms with Gasteiger partial charge in [-0.2, -0.15) is 0 Å². The lowest BCUT2D eigenvalue weighted by molar-refractivity contribution is 0.0388. The highest BCUT2D eigenvalue weighted by Crippen LogP contribution is 2.10. The van der Waals surface area contributed by atoms with E-state index in [0.717, 1.165) is 12.2 Å². The lowest BCUT2D eigenvalue weighted by atomic mass is 10.2. The molecule has 0 fully saturated rings. The number of hydrogen-bond donors (Lipinski definition) is 0. The van der Waals surface area contributed by atoms with Gasteiger partial charge >= 0.3 is 0 Å². The van der Waals surface area contributed by atoms with Crippen molar-refractivity contribution in [3.63, 3.8) is 0 Å². The van der Waals surface area contributed by atoms with Gasteiger partial charge in [-0.3, -0.25) is 0 Å². The third kappa shape index (κ3) is 4.80. The summed E-state index contributed by atoms with van der Waals surface area (Å²) in [5.41, 5.74) is 0. The molecule has 0 spiro atoms. The third-order valence-electron chi connectivity index (χ3n) is 2.06. The second kappa shape index (κ2) is 7.71. The van der Waals surface area contributed by atoms with Crippen LogP contribution in [0.3, 0.4) is 0 Å². The van der Waals surface area contributed by atoms with Crippen LogP contribution < -0.4 is 4.74 Å². The van der Waals surface area contributed by atoms with Crippen LogP contribution >= 0.6 is 0 Å². The fourth-order valence-corrected chi connectivity index (χ4v) is 1.28. The van der Waals surface area contributed by atoms with Crippen molar-refractivity contribution in [2.45, 2.75) is 12.5 Å². The Morgan fingerprint density at radius 3 is 2.50 bits per heavy atom. The molecule has 1 aromatic rings. The van der Waals surface area contributed by atoms with E-state index in [2.05, 4.69) is 13.2 Å². The summed E-state index contributed by atoms with van der Waals surface area (Å²) in [5.74, 6) is 0.860. The minimum atomic E-state index is 0.0377. The molecule has 2 nitrogen and oxygen atoms in total. The van der Waals surface area contributed by atoms with Gasteiger partial charge in [-0.15, -0.1) is 13.2 Å². The molecule has 16 heavy (non-hydrogen) atoms. The monoisotopic (exact) mass is 218 g/mol. The summed E-state index contributed by atoms with van der Waals surface area (Å²) in [6, 6.07) is 9.71. The zero-order chi connectivity index (χ0) is 11.6. The Morgan fingerprint density at radius 2 is 1.88 bits per heavy atom. The zero-order valence-electron chi connectivity index (χ0n) is 9.47. The quantitative estimate of drug-likeness (QED) is 0.624. The van der Waals surface area contributed by atoms with Crippen molar-refractivity contribution in [2.75, 3.05) is 13.2 Å². The smallest absolute Gasteiger partial charge is 0.119 e. The highest BCUT2D eigenvalue weighted by atomic mass is 16.5. The SMILES string of the molecule is C=CCOC(CC=C)COc1ccccc1. The standard InChI is InChI=1S/C14H18O2/c1-3-8-14(15-11-4-2)12-16-13-9-6-5-7-10-13/h3-7,9-10,14H,1-2,8,11-12H2. The first-order valence-electron chi connectivity index (χ1n) is 5.38. The van der Waals surface area contributed by atoms with Crippen LogP contribution in [0, 0.1) is 0 Å². The number of benzene rings is 1. The fraction of sp³-hybridized carbons (Fsp3) is 0.286. The summed E-state index contributed by atoms with van der Waals surface area (Å²) in [7, 11) is 0. The molecule has 0 bridgehead atoms. The van der Waals surface area contributed by atoms with Crippen LogP contribution in [0.1, 0.15) is 6.42 Å². The molecule has 1 unspecified atom stereocenters. The lowest BCUT2D eigenvalue weighted by Gasteiger charge is -2.16. The predicted octanol–water partition coefficient (Wildman–Crippen LogP) is 3.21.